The number of hydrogen-bond donors (Lipinski definition) is 2. The molecule has 9 heteroatoms. The molecule has 1 unspecified atom stereocenters. The van der Waals surface area contributed by atoms with Gasteiger partial charge in [-0.25, -0.2) is 8.42 Å². The normalized spacial score (nSPS) is 18.9. The lowest BCUT2D eigenvalue weighted by Gasteiger charge is -2.27. The number of nitrogens with one attached hydrogen (secondary N) is 1. The van der Waals surface area contributed by atoms with Crippen LogP contribution in [0.1, 0.15) is 16.8 Å². The predicted molar refractivity (Wildman–Crippen MR) is 110 cm³/mol. The van der Waals surface area contributed by atoms with Gasteiger partial charge >= 0.3 is 0 Å². The van der Waals surface area contributed by atoms with Crippen LogP contribution < -0.4 is 4.72 Å². The van der Waals surface area contributed by atoms with Gasteiger partial charge in [-0.2, -0.15) is 4.72 Å². The van der Waals surface area contributed by atoms with Crippen molar-refractivity contribution in [3.63, 3.8) is 0 Å². The first-order chi connectivity index (χ1) is 14.2. The molecule has 0 spiro atoms. The number of carbonyl (C=O) groups is 1. The van der Waals surface area contributed by atoms with E-state index < -0.39 is 31.3 Å². The summed E-state index contributed by atoms with van der Waals surface area (Å²) >= 11 is 0. The first kappa shape index (κ1) is 21.3. The molecule has 0 saturated carbocycles. The summed E-state index contributed by atoms with van der Waals surface area (Å²) in [7, 11) is -4.37. The molecule has 0 bridgehead atoms. The molecule has 1 aliphatic carbocycles. The highest BCUT2D eigenvalue weighted by molar-refractivity contribution is 7.89. The average molecular weight is 426 g/mol. The van der Waals surface area contributed by atoms with Gasteiger partial charge < -0.3 is 5.11 Å². The van der Waals surface area contributed by atoms with Gasteiger partial charge in [0.05, 0.1) is 4.92 Å². The van der Waals surface area contributed by atoms with E-state index in [2.05, 4.69) is 4.72 Å². The molecular weight excluding hydrogens is 408 g/mol. The Morgan fingerprint density at radius 1 is 1.13 bits per heavy atom. The van der Waals surface area contributed by atoms with Gasteiger partial charge in [-0.3, -0.25) is 14.9 Å². The summed E-state index contributed by atoms with van der Waals surface area (Å²) in [5.74, 6) is -0.192. The monoisotopic (exact) mass is 426 g/mol. The number of sulfonamides is 1. The highest BCUT2D eigenvalue weighted by atomic mass is 32.2. The van der Waals surface area contributed by atoms with Crippen molar-refractivity contribution in [2.24, 2.45) is 0 Å². The van der Waals surface area contributed by atoms with Crippen LogP contribution in [0.5, 0.6) is 0 Å². The molecule has 0 heterocycles. The molecule has 0 saturated heterocycles. The number of benzene rings is 2. The van der Waals surface area contributed by atoms with E-state index in [0.29, 0.717) is 11.1 Å². The van der Waals surface area contributed by atoms with Crippen LogP contribution in [0.25, 0.3) is 0 Å². The van der Waals surface area contributed by atoms with Crippen molar-refractivity contribution in [3.05, 3.63) is 106 Å². The fourth-order valence-electron chi connectivity index (χ4n) is 2.84. The summed E-state index contributed by atoms with van der Waals surface area (Å²) in [6.45, 7) is 0. The maximum atomic E-state index is 12.6. The second-order valence-corrected chi connectivity index (χ2v) is 8.21. The highest BCUT2D eigenvalue weighted by Crippen LogP contribution is 2.26. The van der Waals surface area contributed by atoms with Crippen molar-refractivity contribution in [2.45, 2.75) is 17.0 Å². The maximum Gasteiger partial charge on any atom is 0.289 e. The minimum Gasteiger partial charge on any atom is -0.371 e. The van der Waals surface area contributed by atoms with Crippen molar-refractivity contribution >= 4 is 21.5 Å². The van der Waals surface area contributed by atoms with Crippen LogP contribution in [-0.4, -0.2) is 30.0 Å². The number of rotatable bonds is 7. The SMILES string of the molecule is O=C(C=CC1=CCC(O)(NS(=O)(=O)c2ccccc2[N+](=O)[O-])C=C1)c1ccccc1. The molecule has 2 N–H and O–H groups in total. The summed E-state index contributed by atoms with van der Waals surface area (Å²) in [5.41, 5.74) is -1.41. The first-order valence-corrected chi connectivity index (χ1v) is 10.4. The predicted octanol–water partition coefficient (Wildman–Crippen LogP) is 2.89. The molecule has 0 aliphatic heterocycles. The number of para-hydroxylation sites is 1. The Bertz CT molecular complexity index is 1170. The van der Waals surface area contributed by atoms with E-state index in [4.69, 9.17) is 0 Å². The Labute approximate surface area is 173 Å². The third-order valence-corrected chi connectivity index (χ3v) is 5.89. The Hall–Kier alpha value is -3.40. The average Bonchev–Trinajstić information content (AvgIpc) is 2.73. The molecule has 30 heavy (non-hydrogen) atoms. The van der Waals surface area contributed by atoms with Crippen molar-refractivity contribution in [2.75, 3.05) is 0 Å². The van der Waals surface area contributed by atoms with Gasteiger partial charge in [0.1, 0.15) is 0 Å². The van der Waals surface area contributed by atoms with E-state index in [1.165, 1.54) is 30.4 Å². The number of hydrogen-bond acceptors (Lipinski definition) is 6. The third kappa shape index (κ3) is 4.95. The van der Waals surface area contributed by atoms with E-state index >= 15 is 0 Å². The largest absolute Gasteiger partial charge is 0.371 e. The number of aliphatic hydroxyl groups is 1. The zero-order valence-electron chi connectivity index (χ0n) is 15.6. The molecule has 0 fully saturated rings. The zero-order chi connectivity index (χ0) is 21.8. The zero-order valence-corrected chi connectivity index (χ0v) is 16.5. The van der Waals surface area contributed by atoms with E-state index in [0.717, 1.165) is 12.1 Å². The van der Waals surface area contributed by atoms with Crippen LogP contribution >= 0.6 is 0 Å². The fourth-order valence-corrected chi connectivity index (χ4v) is 4.24. The quantitative estimate of drug-likeness (QED) is 0.230. The smallest absolute Gasteiger partial charge is 0.289 e. The lowest BCUT2D eigenvalue weighted by molar-refractivity contribution is -0.387. The Morgan fingerprint density at radius 2 is 1.80 bits per heavy atom. The van der Waals surface area contributed by atoms with Gasteiger partial charge in [0.15, 0.2) is 16.4 Å². The lowest BCUT2D eigenvalue weighted by atomic mass is 9.99. The number of carbonyl (C=O) groups excluding carboxylic acids is 1. The third-order valence-electron chi connectivity index (χ3n) is 4.35. The molecule has 0 amide bonds. The second kappa shape index (κ2) is 8.54. The molecule has 0 radical (unpaired) electrons. The molecule has 154 valence electrons. The van der Waals surface area contributed by atoms with Gasteiger partial charge in [0.2, 0.25) is 10.0 Å². The summed E-state index contributed by atoms with van der Waals surface area (Å²) in [5, 5.41) is 21.7. The summed E-state index contributed by atoms with van der Waals surface area (Å²) in [6, 6.07) is 13.6. The standard InChI is InChI=1S/C21H18N2O6S/c24-19(17-6-2-1-3-7-17)11-10-16-12-14-21(25,15-13-16)22-30(28,29)20-9-5-4-8-18(20)23(26)27/h1-14,22,25H,15H2. The summed E-state index contributed by atoms with van der Waals surface area (Å²) in [4.78, 5) is 21.9. The lowest BCUT2D eigenvalue weighted by Crippen LogP contribution is -2.47. The summed E-state index contributed by atoms with van der Waals surface area (Å²) in [6.07, 6.45) is 7.06. The molecule has 0 aromatic heterocycles. The molecule has 2 aromatic carbocycles. The maximum absolute atomic E-state index is 12.6. The van der Waals surface area contributed by atoms with Crippen LogP contribution in [0.15, 0.2) is 95.4 Å². The van der Waals surface area contributed by atoms with E-state index in [1.54, 1.807) is 42.5 Å². The van der Waals surface area contributed by atoms with Crippen molar-refractivity contribution in [1.82, 2.24) is 4.72 Å². The van der Waals surface area contributed by atoms with Gasteiger partial charge in [0, 0.05) is 18.1 Å². The highest BCUT2D eigenvalue weighted by Gasteiger charge is 2.34. The molecule has 2 aromatic rings. The molecule has 8 nitrogen and oxygen atoms in total. The van der Waals surface area contributed by atoms with Gasteiger partial charge in [-0.05, 0) is 23.8 Å². The molecule has 3 rings (SSSR count). The molecule has 1 atom stereocenters. The van der Waals surface area contributed by atoms with E-state index in [1.807, 2.05) is 0 Å². The number of ketones is 1. The number of nitrogens with zero attached hydrogens (tertiary/aromatic N) is 1. The van der Waals surface area contributed by atoms with Gasteiger partial charge in [-0.1, -0.05) is 60.7 Å². The van der Waals surface area contributed by atoms with Crippen LogP contribution in [0, 0.1) is 10.1 Å². The van der Waals surface area contributed by atoms with E-state index in [9.17, 15) is 28.4 Å². The van der Waals surface area contributed by atoms with Crippen LogP contribution in [0.2, 0.25) is 0 Å². The number of nitro benzene ring substituents is 1. The van der Waals surface area contributed by atoms with Gasteiger partial charge in [-0.15, -0.1) is 0 Å². The van der Waals surface area contributed by atoms with E-state index in [-0.39, 0.29) is 12.2 Å². The van der Waals surface area contributed by atoms with Gasteiger partial charge in [0.25, 0.3) is 5.69 Å². The minimum atomic E-state index is -4.37. The molecule has 1 aliphatic rings. The fraction of sp³-hybridized carbons (Fsp3) is 0.0952. The van der Waals surface area contributed by atoms with Crippen LogP contribution in [-0.2, 0) is 10.0 Å². The number of allylic oxidation sites excluding steroid dienone is 4. The Balaban J connectivity index is 1.72. The van der Waals surface area contributed by atoms with Crippen molar-refractivity contribution in [1.29, 1.82) is 0 Å². The Kier molecular flexibility index (Phi) is 6.06. The first-order valence-electron chi connectivity index (χ1n) is 8.87. The minimum absolute atomic E-state index is 0.122. The van der Waals surface area contributed by atoms with Crippen molar-refractivity contribution in [3.8, 4) is 0 Å². The Morgan fingerprint density at radius 3 is 2.43 bits per heavy atom. The molecular formula is C21H18N2O6S. The number of nitro groups is 1. The second-order valence-electron chi connectivity index (χ2n) is 6.56. The van der Waals surface area contributed by atoms with Crippen LogP contribution in [0.4, 0.5) is 5.69 Å². The topological polar surface area (TPSA) is 127 Å². The summed E-state index contributed by atoms with van der Waals surface area (Å²) < 4.78 is 27.3. The van der Waals surface area contributed by atoms with Crippen LogP contribution in [0.3, 0.4) is 0 Å². The van der Waals surface area contributed by atoms with Crippen molar-refractivity contribution < 1.29 is 23.2 Å².